The smallest absolute Gasteiger partial charge is 0.272 e. The third-order valence-corrected chi connectivity index (χ3v) is 4.89. The average molecular weight is 388 g/mol. The SMILES string of the molecule is Cc1nn(Cn2ccc(C(=O)NCc3ccccc3)n2)c(C)c1Br. The molecule has 0 aliphatic carbocycles. The lowest BCUT2D eigenvalue weighted by Gasteiger charge is -2.05. The maximum Gasteiger partial charge on any atom is 0.272 e. The molecule has 0 aliphatic heterocycles. The molecule has 2 aromatic heterocycles. The second-order valence-electron chi connectivity index (χ2n) is 5.53. The molecule has 7 heteroatoms. The molecule has 3 aromatic rings. The van der Waals surface area contributed by atoms with E-state index < -0.39 is 0 Å². The number of nitrogens with zero attached hydrogens (tertiary/aromatic N) is 4. The Kier molecular flexibility index (Phi) is 4.80. The number of halogens is 1. The number of amides is 1. The van der Waals surface area contributed by atoms with E-state index in [1.54, 1.807) is 16.9 Å². The van der Waals surface area contributed by atoms with E-state index in [9.17, 15) is 4.79 Å². The van der Waals surface area contributed by atoms with Gasteiger partial charge in [-0.1, -0.05) is 30.3 Å². The number of aryl methyl sites for hydroxylation is 1. The van der Waals surface area contributed by atoms with E-state index in [2.05, 4.69) is 31.4 Å². The lowest BCUT2D eigenvalue weighted by Crippen LogP contribution is -2.23. The largest absolute Gasteiger partial charge is 0.347 e. The molecule has 1 aromatic carbocycles. The third-order valence-electron chi connectivity index (χ3n) is 3.74. The second kappa shape index (κ2) is 7.00. The van der Waals surface area contributed by atoms with E-state index in [4.69, 9.17) is 0 Å². The minimum absolute atomic E-state index is 0.188. The number of aromatic nitrogens is 4. The Morgan fingerprint density at radius 3 is 2.58 bits per heavy atom. The molecule has 0 radical (unpaired) electrons. The number of carbonyl (C=O) groups excluding carboxylic acids is 1. The standard InChI is InChI=1S/C17H18BrN5O/c1-12-16(18)13(2)23(20-12)11-22-9-8-15(21-22)17(24)19-10-14-6-4-3-5-7-14/h3-9H,10-11H2,1-2H3,(H,19,24). The summed E-state index contributed by atoms with van der Waals surface area (Å²) in [7, 11) is 0. The van der Waals surface area contributed by atoms with Crippen LogP contribution in [0.25, 0.3) is 0 Å². The zero-order valence-electron chi connectivity index (χ0n) is 13.5. The Labute approximate surface area is 148 Å². The van der Waals surface area contributed by atoms with Crippen LogP contribution in [0.3, 0.4) is 0 Å². The van der Waals surface area contributed by atoms with Gasteiger partial charge in [0.15, 0.2) is 0 Å². The van der Waals surface area contributed by atoms with E-state index >= 15 is 0 Å². The Hall–Kier alpha value is -2.41. The highest BCUT2D eigenvalue weighted by atomic mass is 79.9. The molecule has 1 amide bonds. The maximum atomic E-state index is 12.2. The van der Waals surface area contributed by atoms with Crippen molar-refractivity contribution in [2.45, 2.75) is 27.1 Å². The molecular weight excluding hydrogens is 370 g/mol. The molecule has 6 nitrogen and oxygen atoms in total. The highest BCUT2D eigenvalue weighted by Gasteiger charge is 2.12. The summed E-state index contributed by atoms with van der Waals surface area (Å²) in [6, 6.07) is 11.5. The van der Waals surface area contributed by atoms with Gasteiger partial charge >= 0.3 is 0 Å². The van der Waals surface area contributed by atoms with Crippen molar-refractivity contribution in [2.75, 3.05) is 0 Å². The molecule has 0 aliphatic rings. The number of rotatable bonds is 5. The first-order valence-electron chi connectivity index (χ1n) is 7.59. The molecule has 0 unspecified atom stereocenters. The van der Waals surface area contributed by atoms with Crippen molar-refractivity contribution in [3.63, 3.8) is 0 Å². The van der Waals surface area contributed by atoms with E-state index in [1.807, 2.05) is 48.9 Å². The van der Waals surface area contributed by atoms with Crippen LogP contribution in [-0.2, 0) is 13.2 Å². The maximum absolute atomic E-state index is 12.2. The molecule has 0 fully saturated rings. The molecule has 24 heavy (non-hydrogen) atoms. The Morgan fingerprint density at radius 1 is 1.17 bits per heavy atom. The van der Waals surface area contributed by atoms with Crippen LogP contribution in [0.1, 0.15) is 27.4 Å². The summed E-state index contributed by atoms with van der Waals surface area (Å²) >= 11 is 3.51. The van der Waals surface area contributed by atoms with E-state index in [0.29, 0.717) is 18.9 Å². The van der Waals surface area contributed by atoms with Crippen molar-refractivity contribution in [1.29, 1.82) is 0 Å². The van der Waals surface area contributed by atoms with Crippen molar-refractivity contribution in [1.82, 2.24) is 24.9 Å². The molecule has 124 valence electrons. The zero-order chi connectivity index (χ0) is 17.1. The predicted molar refractivity (Wildman–Crippen MR) is 94.6 cm³/mol. The molecule has 0 atom stereocenters. The van der Waals surface area contributed by atoms with Crippen LogP contribution in [0.5, 0.6) is 0 Å². The highest BCUT2D eigenvalue weighted by Crippen LogP contribution is 2.19. The van der Waals surface area contributed by atoms with Crippen molar-refractivity contribution < 1.29 is 4.79 Å². The summed E-state index contributed by atoms with van der Waals surface area (Å²) in [5, 5.41) is 11.6. The van der Waals surface area contributed by atoms with Crippen LogP contribution in [0, 0.1) is 13.8 Å². The van der Waals surface area contributed by atoms with Gasteiger partial charge in [0, 0.05) is 12.7 Å². The van der Waals surface area contributed by atoms with Crippen LogP contribution in [-0.4, -0.2) is 25.5 Å². The summed E-state index contributed by atoms with van der Waals surface area (Å²) < 4.78 is 4.54. The Bertz CT molecular complexity index is 853. The van der Waals surface area contributed by atoms with Gasteiger partial charge in [0.05, 0.1) is 15.9 Å². The summed E-state index contributed by atoms with van der Waals surface area (Å²) in [5.41, 5.74) is 3.41. The fraction of sp³-hybridized carbons (Fsp3) is 0.235. The second-order valence-corrected chi connectivity index (χ2v) is 6.33. The number of hydrogen-bond acceptors (Lipinski definition) is 3. The highest BCUT2D eigenvalue weighted by molar-refractivity contribution is 9.10. The first kappa shape index (κ1) is 16.4. The van der Waals surface area contributed by atoms with Crippen LogP contribution >= 0.6 is 15.9 Å². The quantitative estimate of drug-likeness (QED) is 0.731. The van der Waals surface area contributed by atoms with Gasteiger partial charge in [-0.05, 0) is 41.4 Å². The summed E-state index contributed by atoms with van der Waals surface area (Å²) in [6.45, 7) is 4.88. The van der Waals surface area contributed by atoms with Gasteiger partial charge in [-0.15, -0.1) is 0 Å². The topological polar surface area (TPSA) is 64.7 Å². The first-order chi connectivity index (χ1) is 11.5. The number of hydrogen-bond donors (Lipinski definition) is 1. The third kappa shape index (κ3) is 3.56. The van der Waals surface area contributed by atoms with E-state index in [1.165, 1.54) is 0 Å². The number of nitrogens with one attached hydrogen (secondary N) is 1. The molecule has 0 bridgehead atoms. The molecular formula is C17H18BrN5O. The minimum atomic E-state index is -0.188. The number of carbonyl (C=O) groups is 1. The van der Waals surface area contributed by atoms with Crippen molar-refractivity contribution in [3.8, 4) is 0 Å². The van der Waals surface area contributed by atoms with Crippen LogP contribution in [0.15, 0.2) is 47.1 Å². The lowest BCUT2D eigenvalue weighted by molar-refractivity contribution is 0.0945. The van der Waals surface area contributed by atoms with Gasteiger partial charge in [0.25, 0.3) is 5.91 Å². The molecule has 0 saturated heterocycles. The minimum Gasteiger partial charge on any atom is -0.347 e. The zero-order valence-corrected chi connectivity index (χ0v) is 15.1. The molecule has 3 rings (SSSR count). The van der Waals surface area contributed by atoms with Crippen LogP contribution in [0.4, 0.5) is 0 Å². The van der Waals surface area contributed by atoms with E-state index in [0.717, 1.165) is 21.4 Å². The fourth-order valence-corrected chi connectivity index (χ4v) is 2.66. The van der Waals surface area contributed by atoms with Crippen molar-refractivity contribution in [2.24, 2.45) is 0 Å². The van der Waals surface area contributed by atoms with Crippen molar-refractivity contribution >= 4 is 21.8 Å². The van der Waals surface area contributed by atoms with Gasteiger partial charge in [0.1, 0.15) is 12.4 Å². The van der Waals surface area contributed by atoms with Gasteiger partial charge in [0.2, 0.25) is 0 Å². The van der Waals surface area contributed by atoms with Gasteiger partial charge in [-0.3, -0.25) is 9.48 Å². The van der Waals surface area contributed by atoms with Gasteiger partial charge in [-0.2, -0.15) is 10.2 Å². The Morgan fingerprint density at radius 2 is 1.92 bits per heavy atom. The van der Waals surface area contributed by atoms with E-state index in [-0.39, 0.29) is 5.91 Å². The fourth-order valence-electron chi connectivity index (χ4n) is 2.38. The molecule has 0 spiro atoms. The molecule has 2 heterocycles. The van der Waals surface area contributed by atoms with Crippen LogP contribution in [0.2, 0.25) is 0 Å². The Balaban J connectivity index is 1.64. The normalized spacial score (nSPS) is 10.8. The molecule has 1 N–H and O–H groups in total. The van der Waals surface area contributed by atoms with Crippen LogP contribution < -0.4 is 5.32 Å². The summed E-state index contributed by atoms with van der Waals surface area (Å²) in [4.78, 5) is 12.2. The predicted octanol–water partition coefficient (Wildman–Crippen LogP) is 2.89. The molecule has 0 saturated carbocycles. The number of benzene rings is 1. The average Bonchev–Trinajstić information content (AvgIpc) is 3.15. The van der Waals surface area contributed by atoms with Crippen molar-refractivity contribution in [3.05, 3.63) is 69.7 Å². The summed E-state index contributed by atoms with van der Waals surface area (Å²) in [6.07, 6.45) is 1.78. The first-order valence-corrected chi connectivity index (χ1v) is 8.39. The summed E-state index contributed by atoms with van der Waals surface area (Å²) in [5.74, 6) is -0.188. The van der Waals surface area contributed by atoms with Gasteiger partial charge < -0.3 is 5.32 Å². The van der Waals surface area contributed by atoms with Gasteiger partial charge in [-0.25, -0.2) is 4.68 Å². The monoisotopic (exact) mass is 387 g/mol. The lowest BCUT2D eigenvalue weighted by atomic mass is 10.2.